The van der Waals surface area contributed by atoms with Crippen LogP contribution in [-0.4, -0.2) is 33.2 Å². The summed E-state index contributed by atoms with van der Waals surface area (Å²) in [6.45, 7) is 3.60. The van der Waals surface area contributed by atoms with E-state index in [9.17, 15) is 14.7 Å². The molecular formula is C26H27ClN4O3S. The Kier molecular flexibility index (Phi) is 8.67. The number of nitrogens with one attached hydrogen (secondary N) is 1. The average molecular weight is 511 g/mol. The van der Waals surface area contributed by atoms with E-state index in [0.29, 0.717) is 39.2 Å². The van der Waals surface area contributed by atoms with Gasteiger partial charge in [-0.1, -0.05) is 35.9 Å². The number of halogens is 1. The number of nitrogens with two attached hydrogens (primary N) is 1. The van der Waals surface area contributed by atoms with Crippen LogP contribution in [0.1, 0.15) is 42.1 Å². The van der Waals surface area contributed by atoms with Crippen LogP contribution in [0.15, 0.2) is 59.6 Å². The monoisotopic (exact) mass is 510 g/mol. The van der Waals surface area contributed by atoms with Crippen LogP contribution in [0, 0.1) is 0 Å². The summed E-state index contributed by atoms with van der Waals surface area (Å²) < 4.78 is 0. The molecular weight excluding hydrogens is 484 g/mol. The van der Waals surface area contributed by atoms with Gasteiger partial charge < -0.3 is 16.2 Å². The van der Waals surface area contributed by atoms with Crippen molar-refractivity contribution in [1.29, 1.82) is 0 Å². The number of carbonyl (C=O) groups excluding carboxylic acids is 1. The standard InChI is InChI=1S/C26H27ClN4O3S/c1-26(2,28)24-20(15-23(33)34)25(35-3)31-21(30-24)14-17-6-11-19(12-7-17)29-22(32)13-8-16-4-9-18(27)10-5-16/h4-13H,14-15,28H2,1-3H3,(H,29,32)(H,33,34)/b13-8+. The molecule has 1 aromatic heterocycles. The number of benzene rings is 2. The Morgan fingerprint density at radius 3 is 2.34 bits per heavy atom. The third-order valence-electron chi connectivity index (χ3n) is 5.03. The zero-order valence-electron chi connectivity index (χ0n) is 19.7. The van der Waals surface area contributed by atoms with E-state index in [1.54, 1.807) is 32.1 Å². The zero-order chi connectivity index (χ0) is 25.6. The van der Waals surface area contributed by atoms with E-state index in [1.165, 1.54) is 17.8 Å². The Balaban J connectivity index is 1.73. The summed E-state index contributed by atoms with van der Waals surface area (Å²) in [6, 6.07) is 14.6. The van der Waals surface area contributed by atoms with Crippen LogP contribution in [0.2, 0.25) is 5.02 Å². The van der Waals surface area contributed by atoms with Gasteiger partial charge in [0.05, 0.1) is 17.7 Å². The van der Waals surface area contributed by atoms with Crippen LogP contribution < -0.4 is 11.1 Å². The number of hydrogen-bond acceptors (Lipinski definition) is 6. The number of carbonyl (C=O) groups is 2. The molecule has 0 radical (unpaired) electrons. The molecule has 0 saturated heterocycles. The van der Waals surface area contributed by atoms with E-state index in [1.807, 2.05) is 42.7 Å². The van der Waals surface area contributed by atoms with Gasteiger partial charge in [-0.15, -0.1) is 11.8 Å². The lowest BCUT2D eigenvalue weighted by atomic mass is 9.95. The molecule has 0 aliphatic carbocycles. The Morgan fingerprint density at radius 1 is 1.11 bits per heavy atom. The summed E-state index contributed by atoms with van der Waals surface area (Å²) in [7, 11) is 0. The second kappa shape index (κ2) is 11.5. The Bertz CT molecular complexity index is 1240. The van der Waals surface area contributed by atoms with Crippen molar-refractivity contribution >= 4 is 47.0 Å². The van der Waals surface area contributed by atoms with Crippen molar-refractivity contribution in [1.82, 2.24) is 9.97 Å². The van der Waals surface area contributed by atoms with Crippen LogP contribution in [0.4, 0.5) is 5.69 Å². The average Bonchev–Trinajstić information content (AvgIpc) is 2.79. The molecule has 0 unspecified atom stereocenters. The van der Waals surface area contributed by atoms with Crippen molar-refractivity contribution in [3.63, 3.8) is 0 Å². The van der Waals surface area contributed by atoms with Crippen LogP contribution in [-0.2, 0) is 28.0 Å². The summed E-state index contributed by atoms with van der Waals surface area (Å²) in [6.07, 6.45) is 5.28. The lowest BCUT2D eigenvalue weighted by molar-refractivity contribution is -0.136. The number of carboxylic acids is 1. The minimum atomic E-state index is -0.956. The maximum atomic E-state index is 12.2. The summed E-state index contributed by atoms with van der Waals surface area (Å²) >= 11 is 7.25. The molecule has 7 nitrogen and oxygen atoms in total. The number of thioether (sulfide) groups is 1. The molecule has 0 aliphatic rings. The topological polar surface area (TPSA) is 118 Å². The zero-order valence-corrected chi connectivity index (χ0v) is 21.3. The fourth-order valence-corrected chi connectivity index (χ4v) is 4.16. The third-order valence-corrected chi connectivity index (χ3v) is 6.00. The molecule has 9 heteroatoms. The molecule has 35 heavy (non-hydrogen) atoms. The van der Waals surface area contributed by atoms with Crippen LogP contribution in [0.5, 0.6) is 0 Å². The Labute approximate surface area is 213 Å². The maximum Gasteiger partial charge on any atom is 0.307 e. The summed E-state index contributed by atoms with van der Waals surface area (Å²) in [5, 5.41) is 13.4. The molecule has 4 N–H and O–H groups in total. The largest absolute Gasteiger partial charge is 0.481 e. The SMILES string of the molecule is CSc1nc(Cc2ccc(NC(=O)/C=C/c3ccc(Cl)cc3)cc2)nc(C(C)(C)N)c1CC(=O)O. The van der Waals surface area contributed by atoms with Crippen LogP contribution >= 0.6 is 23.4 Å². The minimum Gasteiger partial charge on any atom is -0.481 e. The summed E-state index contributed by atoms with van der Waals surface area (Å²) in [4.78, 5) is 32.8. The highest BCUT2D eigenvalue weighted by Gasteiger charge is 2.26. The van der Waals surface area contributed by atoms with Crippen LogP contribution in [0.25, 0.3) is 6.08 Å². The van der Waals surface area contributed by atoms with E-state index in [2.05, 4.69) is 15.3 Å². The first-order valence-electron chi connectivity index (χ1n) is 10.8. The van der Waals surface area contributed by atoms with E-state index >= 15 is 0 Å². The highest BCUT2D eigenvalue weighted by Crippen LogP contribution is 2.28. The van der Waals surface area contributed by atoms with Gasteiger partial charge in [-0.3, -0.25) is 9.59 Å². The third kappa shape index (κ3) is 7.65. The molecule has 0 atom stereocenters. The number of aromatic nitrogens is 2. The van der Waals surface area contributed by atoms with Crippen molar-refractivity contribution < 1.29 is 14.7 Å². The number of rotatable bonds is 9. The quantitative estimate of drug-likeness (QED) is 0.212. The Morgan fingerprint density at radius 2 is 1.77 bits per heavy atom. The van der Waals surface area contributed by atoms with Crippen molar-refractivity contribution in [3.05, 3.63) is 87.8 Å². The molecule has 0 fully saturated rings. The lowest BCUT2D eigenvalue weighted by Gasteiger charge is -2.23. The predicted octanol–water partition coefficient (Wildman–Crippen LogP) is 4.92. The van der Waals surface area contributed by atoms with E-state index < -0.39 is 11.5 Å². The normalized spacial score (nSPS) is 11.6. The van der Waals surface area contributed by atoms with E-state index in [0.717, 1.165) is 11.1 Å². The first-order valence-corrected chi connectivity index (χ1v) is 12.4. The molecule has 0 aliphatic heterocycles. The minimum absolute atomic E-state index is 0.187. The highest BCUT2D eigenvalue weighted by atomic mass is 35.5. The highest BCUT2D eigenvalue weighted by molar-refractivity contribution is 7.98. The maximum absolute atomic E-state index is 12.2. The smallest absolute Gasteiger partial charge is 0.307 e. The van der Waals surface area contributed by atoms with Gasteiger partial charge in [0.15, 0.2) is 0 Å². The molecule has 3 rings (SSSR count). The number of amides is 1. The molecule has 0 spiro atoms. The van der Waals surface area contributed by atoms with Gasteiger partial charge in [0.1, 0.15) is 10.9 Å². The van der Waals surface area contributed by atoms with Crippen LogP contribution in [0.3, 0.4) is 0 Å². The number of aliphatic carboxylic acids is 1. The van der Waals surface area contributed by atoms with Gasteiger partial charge in [-0.2, -0.15) is 0 Å². The van der Waals surface area contributed by atoms with Gasteiger partial charge in [0.2, 0.25) is 5.91 Å². The first-order chi connectivity index (χ1) is 16.5. The number of anilines is 1. The Hall–Kier alpha value is -3.20. The molecule has 0 bridgehead atoms. The first kappa shape index (κ1) is 26.4. The summed E-state index contributed by atoms with van der Waals surface area (Å²) in [5.74, 6) is -0.646. The molecule has 182 valence electrons. The molecule has 0 saturated carbocycles. The van der Waals surface area contributed by atoms with Gasteiger partial charge in [-0.25, -0.2) is 9.97 Å². The number of hydrogen-bond donors (Lipinski definition) is 3. The van der Waals surface area contributed by atoms with Crippen molar-refractivity contribution in [2.24, 2.45) is 5.73 Å². The summed E-state index contributed by atoms with van der Waals surface area (Å²) in [5.41, 5.74) is 9.05. The fourth-order valence-electron chi connectivity index (χ4n) is 3.42. The second-order valence-electron chi connectivity index (χ2n) is 8.52. The van der Waals surface area contributed by atoms with Gasteiger partial charge in [0.25, 0.3) is 0 Å². The lowest BCUT2D eigenvalue weighted by Crippen LogP contribution is -2.33. The number of nitrogens with zero attached hydrogens (tertiary/aromatic N) is 2. The van der Waals surface area contributed by atoms with E-state index in [-0.39, 0.29) is 12.3 Å². The van der Waals surface area contributed by atoms with Crippen molar-refractivity contribution in [3.8, 4) is 0 Å². The van der Waals surface area contributed by atoms with Gasteiger partial charge in [-0.05, 0) is 61.6 Å². The van der Waals surface area contributed by atoms with Crippen molar-refractivity contribution in [2.45, 2.75) is 37.3 Å². The molecule has 3 aromatic rings. The second-order valence-corrected chi connectivity index (χ2v) is 9.75. The molecule has 1 amide bonds. The number of carboxylic acid groups (broad SMARTS) is 1. The predicted molar refractivity (Wildman–Crippen MR) is 141 cm³/mol. The fraction of sp³-hybridized carbons (Fsp3) is 0.231. The van der Waals surface area contributed by atoms with E-state index in [4.69, 9.17) is 17.3 Å². The van der Waals surface area contributed by atoms with Gasteiger partial charge in [0, 0.05) is 28.8 Å². The van der Waals surface area contributed by atoms with Crippen molar-refractivity contribution in [2.75, 3.05) is 11.6 Å². The molecule has 1 heterocycles. The van der Waals surface area contributed by atoms with Gasteiger partial charge >= 0.3 is 5.97 Å². The molecule has 2 aromatic carbocycles.